The minimum Gasteiger partial charge on any atom is -0.388 e. The van der Waals surface area contributed by atoms with Crippen molar-refractivity contribution in [3.63, 3.8) is 0 Å². The first kappa shape index (κ1) is 9.49. The first-order chi connectivity index (χ1) is 4.33. The van der Waals surface area contributed by atoms with Crippen LogP contribution in [0, 0.1) is 0 Å². The summed E-state index contributed by atoms with van der Waals surface area (Å²) in [7, 11) is 0. The van der Waals surface area contributed by atoms with Crippen molar-refractivity contribution in [2.45, 2.75) is 25.6 Å². The van der Waals surface area contributed by atoms with Crippen LogP contribution in [0.5, 0.6) is 0 Å². The first-order valence-corrected chi connectivity index (χ1v) is 2.73. The van der Waals surface area contributed by atoms with E-state index in [9.17, 15) is 13.2 Å². The highest BCUT2D eigenvalue weighted by Crippen LogP contribution is 2.23. The van der Waals surface area contributed by atoms with Crippen molar-refractivity contribution in [2.24, 2.45) is 0 Å². The zero-order valence-electron chi connectivity index (χ0n) is 5.57. The molecular weight excluding hydrogens is 145 g/mol. The van der Waals surface area contributed by atoms with Gasteiger partial charge in [-0.3, -0.25) is 0 Å². The van der Waals surface area contributed by atoms with E-state index in [1.54, 1.807) is 0 Å². The molecule has 0 bridgehead atoms. The highest BCUT2D eigenvalue weighted by atomic mass is 19.4. The molecule has 0 spiro atoms. The molecule has 0 aromatic heterocycles. The van der Waals surface area contributed by atoms with Gasteiger partial charge in [0.15, 0.2) is 0 Å². The summed E-state index contributed by atoms with van der Waals surface area (Å²) >= 11 is 0. The smallest absolute Gasteiger partial charge is 0.388 e. The van der Waals surface area contributed by atoms with Crippen molar-refractivity contribution in [2.75, 3.05) is 0 Å². The zero-order chi connectivity index (χ0) is 8.36. The van der Waals surface area contributed by atoms with Gasteiger partial charge in [-0.05, 0) is 6.92 Å². The van der Waals surface area contributed by atoms with E-state index in [1.165, 1.54) is 6.92 Å². The number of aliphatic hydroxyl groups is 1. The van der Waals surface area contributed by atoms with Crippen LogP contribution in [0.1, 0.15) is 13.3 Å². The van der Waals surface area contributed by atoms with E-state index in [0.29, 0.717) is 0 Å². The second-order valence-electron chi connectivity index (χ2n) is 2.18. The van der Waals surface area contributed by atoms with Crippen molar-refractivity contribution >= 4 is 0 Å². The van der Waals surface area contributed by atoms with Gasteiger partial charge in [0.05, 0.1) is 12.5 Å². The van der Waals surface area contributed by atoms with Crippen LogP contribution in [-0.4, -0.2) is 17.4 Å². The van der Waals surface area contributed by atoms with E-state index in [-0.39, 0.29) is 5.57 Å². The minimum atomic E-state index is -4.31. The van der Waals surface area contributed by atoms with E-state index in [1.807, 2.05) is 0 Å². The van der Waals surface area contributed by atoms with Gasteiger partial charge >= 0.3 is 6.18 Å². The second-order valence-corrected chi connectivity index (χ2v) is 2.18. The van der Waals surface area contributed by atoms with Crippen molar-refractivity contribution in [1.82, 2.24) is 0 Å². The van der Waals surface area contributed by atoms with Crippen LogP contribution in [0.15, 0.2) is 12.2 Å². The molecule has 0 saturated heterocycles. The van der Waals surface area contributed by atoms with Gasteiger partial charge < -0.3 is 5.11 Å². The third-order valence-electron chi connectivity index (χ3n) is 0.994. The van der Waals surface area contributed by atoms with Crippen LogP contribution in [0.2, 0.25) is 0 Å². The maximum absolute atomic E-state index is 11.5. The van der Waals surface area contributed by atoms with Gasteiger partial charge in [0, 0.05) is 0 Å². The normalized spacial score (nSPS) is 14.9. The number of hydrogen-bond donors (Lipinski definition) is 1. The van der Waals surface area contributed by atoms with Crippen LogP contribution >= 0.6 is 0 Å². The standard InChI is InChI=1S/C6H9F3O/c1-4(2)5(10)3-6(7,8)9/h5,10H,1,3H2,2H3. The highest BCUT2D eigenvalue weighted by molar-refractivity contribution is 4.97. The maximum atomic E-state index is 11.5. The van der Waals surface area contributed by atoms with Crippen LogP contribution in [0.4, 0.5) is 13.2 Å². The van der Waals surface area contributed by atoms with Crippen molar-refractivity contribution in [3.05, 3.63) is 12.2 Å². The summed E-state index contributed by atoms with van der Waals surface area (Å²) in [5.41, 5.74) is 0.136. The summed E-state index contributed by atoms with van der Waals surface area (Å²) in [5.74, 6) is 0. The second kappa shape index (κ2) is 3.05. The topological polar surface area (TPSA) is 20.2 Å². The number of halogens is 3. The Balaban J connectivity index is 3.80. The Labute approximate surface area is 57.2 Å². The summed E-state index contributed by atoms with van der Waals surface area (Å²) in [5, 5.41) is 8.64. The Morgan fingerprint density at radius 3 is 2.10 bits per heavy atom. The van der Waals surface area contributed by atoms with E-state index < -0.39 is 18.7 Å². The predicted molar refractivity (Wildman–Crippen MR) is 31.5 cm³/mol. The van der Waals surface area contributed by atoms with Gasteiger partial charge in [0.2, 0.25) is 0 Å². The summed E-state index contributed by atoms with van der Waals surface area (Å²) in [6.45, 7) is 4.55. The molecule has 1 unspecified atom stereocenters. The third-order valence-corrected chi connectivity index (χ3v) is 0.994. The Morgan fingerprint density at radius 2 is 2.00 bits per heavy atom. The lowest BCUT2D eigenvalue weighted by molar-refractivity contribution is -0.149. The molecule has 0 fully saturated rings. The lowest BCUT2D eigenvalue weighted by atomic mass is 10.1. The zero-order valence-corrected chi connectivity index (χ0v) is 5.57. The maximum Gasteiger partial charge on any atom is 0.391 e. The lowest BCUT2D eigenvalue weighted by Gasteiger charge is -2.11. The van der Waals surface area contributed by atoms with Gasteiger partial charge in [0.1, 0.15) is 0 Å². The number of alkyl halides is 3. The molecule has 0 amide bonds. The van der Waals surface area contributed by atoms with E-state index >= 15 is 0 Å². The number of hydrogen-bond acceptors (Lipinski definition) is 1. The fourth-order valence-electron chi connectivity index (χ4n) is 0.393. The summed E-state index contributed by atoms with van der Waals surface area (Å²) in [6.07, 6.45) is -6.97. The minimum absolute atomic E-state index is 0.136. The van der Waals surface area contributed by atoms with Crippen molar-refractivity contribution < 1.29 is 18.3 Å². The Hall–Kier alpha value is -0.510. The number of aliphatic hydroxyl groups excluding tert-OH is 1. The van der Waals surface area contributed by atoms with Crippen LogP contribution < -0.4 is 0 Å². The van der Waals surface area contributed by atoms with E-state index in [0.717, 1.165) is 0 Å². The SMILES string of the molecule is C=C(C)C(O)CC(F)(F)F. The first-order valence-electron chi connectivity index (χ1n) is 2.73. The van der Waals surface area contributed by atoms with Gasteiger partial charge in [-0.1, -0.05) is 12.2 Å². The molecule has 1 nitrogen and oxygen atoms in total. The molecule has 10 heavy (non-hydrogen) atoms. The Kier molecular flexibility index (Phi) is 2.90. The molecule has 0 aliphatic heterocycles. The van der Waals surface area contributed by atoms with Crippen molar-refractivity contribution in [3.8, 4) is 0 Å². The van der Waals surface area contributed by atoms with E-state index in [2.05, 4.69) is 6.58 Å². The van der Waals surface area contributed by atoms with Crippen molar-refractivity contribution in [1.29, 1.82) is 0 Å². The van der Waals surface area contributed by atoms with E-state index in [4.69, 9.17) is 5.11 Å². The molecule has 1 N–H and O–H groups in total. The molecule has 60 valence electrons. The molecule has 1 atom stereocenters. The molecule has 0 rings (SSSR count). The quantitative estimate of drug-likeness (QED) is 0.602. The predicted octanol–water partition coefficient (Wildman–Crippen LogP) is 1.88. The number of rotatable bonds is 2. The molecule has 0 aromatic carbocycles. The van der Waals surface area contributed by atoms with Gasteiger partial charge in [-0.25, -0.2) is 0 Å². The molecule has 0 heterocycles. The Bertz CT molecular complexity index is 127. The average molecular weight is 154 g/mol. The molecular formula is C6H9F3O. The van der Waals surface area contributed by atoms with Gasteiger partial charge in [-0.2, -0.15) is 13.2 Å². The Morgan fingerprint density at radius 1 is 1.60 bits per heavy atom. The molecule has 0 radical (unpaired) electrons. The average Bonchev–Trinajstić information content (AvgIpc) is 1.60. The molecule has 0 aromatic rings. The van der Waals surface area contributed by atoms with Crippen LogP contribution in [0.3, 0.4) is 0 Å². The summed E-state index contributed by atoms with van der Waals surface area (Å²) in [4.78, 5) is 0. The molecule has 0 saturated carbocycles. The van der Waals surface area contributed by atoms with Crippen LogP contribution in [0.25, 0.3) is 0 Å². The lowest BCUT2D eigenvalue weighted by Crippen LogP contribution is -2.19. The fraction of sp³-hybridized carbons (Fsp3) is 0.667. The molecule has 0 aliphatic carbocycles. The third kappa shape index (κ3) is 4.38. The van der Waals surface area contributed by atoms with Gasteiger partial charge in [-0.15, -0.1) is 0 Å². The fourth-order valence-corrected chi connectivity index (χ4v) is 0.393. The highest BCUT2D eigenvalue weighted by Gasteiger charge is 2.31. The monoisotopic (exact) mass is 154 g/mol. The summed E-state index contributed by atoms with van der Waals surface area (Å²) < 4.78 is 34.4. The molecule has 0 aliphatic rings. The summed E-state index contributed by atoms with van der Waals surface area (Å²) in [6, 6.07) is 0. The molecule has 4 heteroatoms. The van der Waals surface area contributed by atoms with Gasteiger partial charge in [0.25, 0.3) is 0 Å². The largest absolute Gasteiger partial charge is 0.391 e. The van der Waals surface area contributed by atoms with Crippen LogP contribution in [-0.2, 0) is 0 Å².